The van der Waals surface area contributed by atoms with Gasteiger partial charge in [-0.3, -0.25) is 4.79 Å². The number of esters is 1. The van der Waals surface area contributed by atoms with E-state index in [9.17, 15) is 9.59 Å². The Balaban J connectivity index is 2.12. The minimum absolute atomic E-state index is 0.248. The maximum atomic E-state index is 12.3. The summed E-state index contributed by atoms with van der Waals surface area (Å²) in [6.45, 7) is 5.62. The van der Waals surface area contributed by atoms with E-state index in [-0.39, 0.29) is 13.2 Å². The Kier molecular flexibility index (Phi) is 7.32. The molecule has 1 heterocycles. The van der Waals surface area contributed by atoms with Gasteiger partial charge in [-0.1, -0.05) is 30.1 Å². The number of ether oxygens (including phenoxy) is 2. The minimum atomic E-state index is -0.439. The molecule has 0 bridgehead atoms. The molecule has 1 amide bonds. The van der Waals surface area contributed by atoms with Gasteiger partial charge in [0.2, 0.25) is 0 Å². The summed E-state index contributed by atoms with van der Waals surface area (Å²) < 4.78 is 10.5. The van der Waals surface area contributed by atoms with Crippen molar-refractivity contribution in [1.29, 1.82) is 0 Å². The zero-order chi connectivity index (χ0) is 19.3. The average molecular weight is 416 g/mol. The molecule has 26 heavy (non-hydrogen) atoms. The van der Waals surface area contributed by atoms with Crippen LogP contribution in [0.5, 0.6) is 5.75 Å². The standard InChI is InChI=1S/C18H19Cl2NO4S/c1-4-12-10(3)26-17(16(12)18(23)24-5-2)21-15(22)9-25-14-7-6-11(19)8-13(14)20/h6-8H,4-5,9H2,1-3H3,(H,21,22). The van der Waals surface area contributed by atoms with Gasteiger partial charge in [-0.25, -0.2) is 4.79 Å². The fourth-order valence-corrected chi connectivity index (χ4v) is 4.02. The van der Waals surface area contributed by atoms with Gasteiger partial charge in [-0.05, 0) is 44.0 Å². The van der Waals surface area contributed by atoms with Crippen LogP contribution in [0, 0.1) is 6.92 Å². The summed E-state index contributed by atoms with van der Waals surface area (Å²) in [6, 6.07) is 4.74. The van der Waals surface area contributed by atoms with Crippen LogP contribution in [0.4, 0.5) is 5.00 Å². The summed E-state index contributed by atoms with van der Waals surface area (Å²) in [4.78, 5) is 25.5. The van der Waals surface area contributed by atoms with E-state index in [0.717, 1.165) is 10.4 Å². The van der Waals surface area contributed by atoms with Crippen LogP contribution in [0.15, 0.2) is 18.2 Å². The molecular formula is C18H19Cl2NO4S. The van der Waals surface area contributed by atoms with Crippen molar-refractivity contribution in [3.63, 3.8) is 0 Å². The molecule has 0 aliphatic carbocycles. The lowest BCUT2D eigenvalue weighted by atomic mass is 10.1. The molecule has 5 nitrogen and oxygen atoms in total. The molecule has 0 unspecified atom stereocenters. The van der Waals surface area contributed by atoms with Gasteiger partial charge in [0.15, 0.2) is 6.61 Å². The smallest absolute Gasteiger partial charge is 0.341 e. The fourth-order valence-electron chi connectivity index (χ4n) is 2.41. The fraction of sp³-hybridized carbons (Fsp3) is 0.333. The zero-order valence-electron chi connectivity index (χ0n) is 14.7. The monoisotopic (exact) mass is 415 g/mol. The van der Waals surface area contributed by atoms with Gasteiger partial charge < -0.3 is 14.8 Å². The number of carbonyl (C=O) groups excluding carboxylic acids is 2. The van der Waals surface area contributed by atoms with Crippen molar-refractivity contribution in [1.82, 2.24) is 0 Å². The predicted octanol–water partition coefficient (Wildman–Crippen LogP) is 5.12. The Bertz CT molecular complexity index is 820. The molecule has 0 fully saturated rings. The first-order valence-electron chi connectivity index (χ1n) is 8.04. The van der Waals surface area contributed by atoms with E-state index in [2.05, 4.69) is 5.32 Å². The first kappa shape index (κ1) is 20.6. The summed E-state index contributed by atoms with van der Waals surface area (Å²) in [7, 11) is 0. The summed E-state index contributed by atoms with van der Waals surface area (Å²) in [5.41, 5.74) is 1.29. The van der Waals surface area contributed by atoms with Crippen molar-refractivity contribution in [3.05, 3.63) is 44.2 Å². The molecule has 1 aromatic heterocycles. The molecular weight excluding hydrogens is 397 g/mol. The number of anilines is 1. The number of rotatable bonds is 7. The molecule has 2 rings (SSSR count). The second kappa shape index (κ2) is 9.26. The van der Waals surface area contributed by atoms with E-state index in [1.807, 2.05) is 13.8 Å². The number of aryl methyl sites for hydroxylation is 1. The first-order valence-corrected chi connectivity index (χ1v) is 9.61. The Morgan fingerprint density at radius 1 is 1.23 bits per heavy atom. The zero-order valence-corrected chi connectivity index (χ0v) is 17.0. The predicted molar refractivity (Wildman–Crippen MR) is 105 cm³/mol. The van der Waals surface area contributed by atoms with Gasteiger partial charge in [0.1, 0.15) is 10.8 Å². The second-order valence-corrected chi connectivity index (χ2v) is 7.39. The average Bonchev–Trinajstić information content (AvgIpc) is 2.89. The van der Waals surface area contributed by atoms with E-state index in [1.54, 1.807) is 19.1 Å². The summed E-state index contributed by atoms with van der Waals surface area (Å²) >= 11 is 13.2. The Labute approximate surface area is 166 Å². The number of thiophene rings is 1. The van der Waals surface area contributed by atoms with E-state index in [0.29, 0.717) is 32.8 Å². The molecule has 1 N–H and O–H groups in total. The molecule has 0 spiro atoms. The van der Waals surface area contributed by atoms with Crippen molar-refractivity contribution in [3.8, 4) is 5.75 Å². The molecule has 0 saturated heterocycles. The van der Waals surface area contributed by atoms with Crippen LogP contribution in [0.3, 0.4) is 0 Å². The maximum absolute atomic E-state index is 12.3. The van der Waals surface area contributed by atoms with Gasteiger partial charge in [0.05, 0.1) is 17.2 Å². The summed E-state index contributed by atoms with van der Waals surface area (Å²) in [5.74, 6) is -0.482. The lowest BCUT2D eigenvalue weighted by molar-refractivity contribution is -0.118. The normalized spacial score (nSPS) is 10.5. The molecule has 140 valence electrons. The van der Waals surface area contributed by atoms with E-state index in [4.69, 9.17) is 32.7 Å². The number of halogens is 2. The van der Waals surface area contributed by atoms with Crippen LogP contribution in [0.2, 0.25) is 10.0 Å². The van der Waals surface area contributed by atoms with Gasteiger partial charge in [0.25, 0.3) is 5.91 Å². The lowest BCUT2D eigenvalue weighted by Gasteiger charge is -2.10. The third kappa shape index (κ3) is 4.90. The topological polar surface area (TPSA) is 64.6 Å². The minimum Gasteiger partial charge on any atom is -0.482 e. The van der Waals surface area contributed by atoms with E-state index in [1.165, 1.54) is 17.4 Å². The number of carbonyl (C=O) groups is 2. The highest BCUT2D eigenvalue weighted by Crippen LogP contribution is 2.34. The van der Waals surface area contributed by atoms with Crippen molar-refractivity contribution < 1.29 is 19.1 Å². The third-order valence-corrected chi connectivity index (χ3v) is 5.14. The van der Waals surface area contributed by atoms with E-state index < -0.39 is 11.9 Å². The van der Waals surface area contributed by atoms with Crippen molar-refractivity contribution in [2.75, 3.05) is 18.5 Å². The van der Waals surface area contributed by atoms with Crippen LogP contribution >= 0.6 is 34.5 Å². The maximum Gasteiger partial charge on any atom is 0.341 e. The molecule has 2 aromatic rings. The Morgan fingerprint density at radius 3 is 2.58 bits per heavy atom. The van der Waals surface area contributed by atoms with Crippen molar-refractivity contribution in [2.45, 2.75) is 27.2 Å². The van der Waals surface area contributed by atoms with Gasteiger partial charge in [-0.2, -0.15) is 0 Å². The number of benzene rings is 1. The number of hydrogen-bond donors (Lipinski definition) is 1. The Morgan fingerprint density at radius 2 is 1.96 bits per heavy atom. The molecule has 0 aliphatic rings. The largest absolute Gasteiger partial charge is 0.482 e. The quantitative estimate of drug-likeness (QED) is 0.637. The SMILES string of the molecule is CCOC(=O)c1c(NC(=O)COc2ccc(Cl)cc2Cl)sc(C)c1CC. The Hall–Kier alpha value is -1.76. The van der Waals surface area contributed by atoms with Gasteiger partial charge in [0, 0.05) is 9.90 Å². The summed E-state index contributed by atoms with van der Waals surface area (Å²) in [5, 5.41) is 3.99. The highest BCUT2D eigenvalue weighted by Gasteiger charge is 2.23. The van der Waals surface area contributed by atoms with Crippen molar-refractivity contribution >= 4 is 51.4 Å². The lowest BCUT2D eigenvalue weighted by Crippen LogP contribution is -2.21. The number of amides is 1. The highest BCUT2D eigenvalue weighted by atomic mass is 35.5. The van der Waals surface area contributed by atoms with Crippen molar-refractivity contribution in [2.24, 2.45) is 0 Å². The molecule has 0 aliphatic heterocycles. The number of hydrogen-bond acceptors (Lipinski definition) is 5. The second-order valence-electron chi connectivity index (χ2n) is 5.33. The molecule has 0 atom stereocenters. The van der Waals surface area contributed by atoms with Crippen LogP contribution in [-0.2, 0) is 16.0 Å². The molecule has 0 saturated carbocycles. The number of nitrogens with one attached hydrogen (secondary N) is 1. The highest BCUT2D eigenvalue weighted by molar-refractivity contribution is 7.16. The van der Waals surface area contributed by atoms with Gasteiger partial charge in [-0.15, -0.1) is 11.3 Å². The molecule has 1 aromatic carbocycles. The van der Waals surface area contributed by atoms with Crippen LogP contribution < -0.4 is 10.1 Å². The molecule has 0 radical (unpaired) electrons. The van der Waals surface area contributed by atoms with Crippen LogP contribution in [-0.4, -0.2) is 25.1 Å². The third-order valence-electron chi connectivity index (χ3n) is 3.55. The van der Waals surface area contributed by atoms with Crippen LogP contribution in [0.25, 0.3) is 0 Å². The first-order chi connectivity index (χ1) is 12.4. The van der Waals surface area contributed by atoms with Crippen LogP contribution in [0.1, 0.15) is 34.6 Å². The molecule has 8 heteroatoms. The van der Waals surface area contributed by atoms with E-state index >= 15 is 0 Å². The van der Waals surface area contributed by atoms with Gasteiger partial charge >= 0.3 is 5.97 Å². The summed E-state index contributed by atoms with van der Waals surface area (Å²) in [6.07, 6.45) is 0.670.